The van der Waals surface area contributed by atoms with Gasteiger partial charge in [-0.1, -0.05) is 0 Å². The number of nitrogens with one attached hydrogen (secondary N) is 2. The van der Waals surface area contributed by atoms with Gasteiger partial charge < -0.3 is 25.4 Å². The first-order valence-corrected chi connectivity index (χ1v) is 9.93. The summed E-state index contributed by atoms with van der Waals surface area (Å²) in [6, 6.07) is -1.52. The predicted molar refractivity (Wildman–Crippen MR) is 103 cm³/mol. The van der Waals surface area contributed by atoms with E-state index in [1.165, 1.54) is 10.3 Å². The van der Waals surface area contributed by atoms with E-state index in [0.717, 1.165) is 16.2 Å². The van der Waals surface area contributed by atoms with E-state index in [4.69, 9.17) is 4.74 Å². The lowest BCUT2D eigenvalue weighted by atomic mass is 9.98. The topological polar surface area (TPSA) is 158 Å². The van der Waals surface area contributed by atoms with Crippen molar-refractivity contribution >= 4 is 46.3 Å². The summed E-state index contributed by atoms with van der Waals surface area (Å²) in [5.41, 5.74) is -1.03. The second-order valence-electron chi connectivity index (χ2n) is 7.76. The number of hydrogen-bond donors (Lipinski definition) is 3. The van der Waals surface area contributed by atoms with E-state index in [2.05, 4.69) is 15.6 Å². The largest absolute Gasteiger partial charge is 0.465 e. The van der Waals surface area contributed by atoms with E-state index in [0.29, 0.717) is 6.54 Å². The van der Waals surface area contributed by atoms with Crippen LogP contribution in [0.2, 0.25) is 0 Å². The number of nitrogens with zero attached hydrogens (tertiary/aromatic N) is 3. The third-order valence-electron chi connectivity index (χ3n) is 4.55. The van der Waals surface area contributed by atoms with Gasteiger partial charge in [0.2, 0.25) is 5.91 Å². The quantitative estimate of drug-likeness (QED) is 0.318. The minimum absolute atomic E-state index is 0.0537. The number of hydrogen-bond acceptors (Lipinski definition) is 8. The lowest BCUT2D eigenvalue weighted by Crippen LogP contribution is -2.72. The summed E-state index contributed by atoms with van der Waals surface area (Å²) in [6.07, 6.45) is -1.75. The number of carbonyl (C=O) groups excluding carboxylic acids is 4. The Hall–Kier alpha value is -3.22. The van der Waals surface area contributed by atoms with Crippen LogP contribution in [0.3, 0.4) is 0 Å². The van der Waals surface area contributed by atoms with Gasteiger partial charge in [-0.15, -0.1) is 11.3 Å². The Morgan fingerprint density at radius 2 is 2.10 bits per heavy atom. The molecule has 1 aromatic rings. The van der Waals surface area contributed by atoms with Crippen LogP contribution in [0.4, 0.5) is 14.7 Å². The van der Waals surface area contributed by atoms with Crippen molar-refractivity contribution in [2.24, 2.45) is 0 Å². The monoisotopic (exact) mass is 439 g/mol. The number of rotatable bonds is 6. The van der Waals surface area contributed by atoms with Crippen molar-refractivity contribution < 1.29 is 33.8 Å². The highest BCUT2D eigenvalue weighted by Crippen LogP contribution is 2.28. The number of aromatic nitrogens is 1. The number of ketones is 1. The summed E-state index contributed by atoms with van der Waals surface area (Å²) in [4.78, 5) is 66.0. The number of carbonyl (C=O) groups is 5. The lowest BCUT2D eigenvalue weighted by molar-refractivity contribution is -0.135. The molecule has 3 N–H and O–H groups in total. The zero-order valence-electron chi connectivity index (χ0n) is 16.5. The van der Waals surface area contributed by atoms with Crippen LogP contribution < -0.4 is 15.5 Å². The maximum absolute atomic E-state index is 12.4. The van der Waals surface area contributed by atoms with Crippen molar-refractivity contribution in [2.45, 2.75) is 38.4 Å². The highest BCUT2D eigenvalue weighted by molar-refractivity contribution is 7.14. The van der Waals surface area contributed by atoms with E-state index < -0.39 is 47.4 Å². The minimum atomic E-state index is -1.24. The van der Waals surface area contributed by atoms with Gasteiger partial charge in [-0.2, -0.15) is 0 Å². The smallest absolute Gasteiger partial charge is 0.414 e. The summed E-state index contributed by atoms with van der Waals surface area (Å²) >= 11 is 0.916. The molecule has 4 amide bonds. The first-order valence-electron chi connectivity index (χ1n) is 9.05. The van der Waals surface area contributed by atoms with E-state index in [1.54, 1.807) is 20.8 Å². The van der Waals surface area contributed by atoms with Crippen molar-refractivity contribution in [1.29, 1.82) is 0 Å². The molecule has 2 aliphatic rings. The van der Waals surface area contributed by atoms with Gasteiger partial charge in [0.05, 0.1) is 12.6 Å². The molecule has 0 radical (unpaired) electrons. The van der Waals surface area contributed by atoms with Crippen molar-refractivity contribution in [1.82, 2.24) is 20.5 Å². The molecule has 0 unspecified atom stereocenters. The lowest BCUT2D eigenvalue weighted by Gasteiger charge is -2.38. The zero-order chi connectivity index (χ0) is 22.2. The van der Waals surface area contributed by atoms with Gasteiger partial charge in [0.1, 0.15) is 18.3 Å². The van der Waals surface area contributed by atoms with Crippen LogP contribution in [0.25, 0.3) is 0 Å². The Morgan fingerprint density at radius 3 is 2.63 bits per heavy atom. The molecule has 3 heterocycles. The molecule has 162 valence electrons. The van der Waals surface area contributed by atoms with Crippen molar-refractivity contribution in [2.75, 3.05) is 24.6 Å². The number of carboxylic acid groups (broad SMARTS) is 1. The maximum Gasteiger partial charge on any atom is 0.414 e. The van der Waals surface area contributed by atoms with Crippen LogP contribution in [-0.2, 0) is 14.3 Å². The fourth-order valence-electron chi connectivity index (χ4n) is 3.04. The van der Waals surface area contributed by atoms with Crippen LogP contribution >= 0.6 is 11.3 Å². The van der Waals surface area contributed by atoms with Crippen molar-refractivity contribution in [3.8, 4) is 0 Å². The van der Waals surface area contributed by atoms with Crippen LogP contribution in [-0.4, -0.2) is 82.1 Å². The summed E-state index contributed by atoms with van der Waals surface area (Å²) in [5.74, 6) is -2.51. The van der Waals surface area contributed by atoms with Gasteiger partial charge in [0, 0.05) is 17.5 Å². The van der Waals surface area contributed by atoms with Crippen molar-refractivity contribution in [3.05, 3.63) is 11.1 Å². The van der Waals surface area contributed by atoms with Gasteiger partial charge in [0.25, 0.3) is 11.7 Å². The molecule has 2 fully saturated rings. The zero-order valence-corrected chi connectivity index (χ0v) is 17.3. The standard InChI is InChI=1S/C17H21N5O7S/c1-17(2,3)22(15(26)27)14-19-9(7-30-14)11(23)13(25)20-10-8(18-12(10)24)6-21-4-5-29-16(21)28/h7-8,10H,4-6H2,1-3H3,(H,18,24)(H,20,25)(H,26,27)/t8-,10-/m0/s1. The fourth-order valence-corrected chi connectivity index (χ4v) is 4.02. The highest BCUT2D eigenvalue weighted by atomic mass is 32.1. The normalized spacial score (nSPS) is 20.8. The van der Waals surface area contributed by atoms with Crippen molar-refractivity contribution in [3.63, 3.8) is 0 Å². The molecule has 0 aliphatic carbocycles. The van der Waals surface area contributed by atoms with Crippen LogP contribution in [0.15, 0.2) is 5.38 Å². The first-order chi connectivity index (χ1) is 14.0. The number of cyclic esters (lactones) is 1. The van der Waals surface area contributed by atoms with E-state index in [-0.39, 0.29) is 24.0 Å². The Kier molecular flexibility index (Phi) is 5.65. The number of ether oxygens (including phenoxy) is 1. The van der Waals surface area contributed by atoms with Crippen LogP contribution in [0.1, 0.15) is 31.3 Å². The average molecular weight is 439 g/mol. The number of anilines is 1. The average Bonchev–Trinajstić information content (AvgIpc) is 3.26. The number of Topliss-reactive ketones (excluding diaryl/α,β-unsaturated/α-hetero) is 1. The Balaban J connectivity index is 1.65. The summed E-state index contributed by atoms with van der Waals surface area (Å²) in [5, 5.41) is 15.7. The summed E-state index contributed by atoms with van der Waals surface area (Å²) < 4.78 is 4.82. The number of thiazole rings is 1. The highest BCUT2D eigenvalue weighted by Gasteiger charge is 2.43. The molecule has 2 saturated heterocycles. The summed E-state index contributed by atoms with van der Waals surface area (Å²) in [7, 11) is 0. The van der Waals surface area contributed by atoms with Gasteiger partial charge in [-0.05, 0) is 20.8 Å². The number of amides is 4. The SMILES string of the molecule is CC(C)(C)N(C(=O)O)c1nc(C(=O)C(=O)N[C@@H]2C(=O)N[C@H]2CN2CCOC2=O)cs1. The first kappa shape index (κ1) is 21.5. The van der Waals surface area contributed by atoms with Gasteiger partial charge in [0.15, 0.2) is 5.13 Å². The molecular weight excluding hydrogens is 418 g/mol. The molecule has 13 heteroatoms. The molecule has 0 bridgehead atoms. The molecule has 12 nitrogen and oxygen atoms in total. The molecule has 1 aromatic heterocycles. The molecule has 30 heavy (non-hydrogen) atoms. The van der Waals surface area contributed by atoms with Crippen LogP contribution in [0.5, 0.6) is 0 Å². The fraction of sp³-hybridized carbons (Fsp3) is 0.529. The van der Waals surface area contributed by atoms with Gasteiger partial charge >= 0.3 is 12.2 Å². The van der Waals surface area contributed by atoms with E-state index in [9.17, 15) is 29.1 Å². The third kappa shape index (κ3) is 4.20. The minimum Gasteiger partial charge on any atom is -0.465 e. The van der Waals surface area contributed by atoms with Gasteiger partial charge in [-0.3, -0.25) is 14.4 Å². The van der Waals surface area contributed by atoms with Crippen LogP contribution in [0, 0.1) is 0 Å². The Bertz CT molecular complexity index is 909. The molecule has 0 saturated carbocycles. The molecular formula is C17H21N5O7S. The Labute approximate surface area is 175 Å². The molecule has 0 aromatic carbocycles. The molecule has 2 atom stereocenters. The summed E-state index contributed by atoms with van der Waals surface area (Å²) in [6.45, 7) is 5.78. The molecule has 2 aliphatic heterocycles. The molecule has 0 spiro atoms. The predicted octanol–water partition coefficient (Wildman–Crippen LogP) is 0.0441. The van der Waals surface area contributed by atoms with Gasteiger partial charge in [-0.25, -0.2) is 19.5 Å². The third-order valence-corrected chi connectivity index (χ3v) is 5.37. The second-order valence-corrected chi connectivity index (χ2v) is 8.60. The molecule has 3 rings (SSSR count). The Morgan fingerprint density at radius 1 is 1.40 bits per heavy atom. The van der Waals surface area contributed by atoms with E-state index in [1.807, 2.05) is 0 Å². The number of β-lactam (4-membered cyclic amide) rings is 1. The second kappa shape index (κ2) is 7.89. The van der Waals surface area contributed by atoms with E-state index >= 15 is 0 Å². The maximum atomic E-state index is 12.4.